The number of nitrogens with zero attached hydrogens (tertiary/aromatic N) is 2. The van der Waals surface area contributed by atoms with Crippen LogP contribution in [-0.4, -0.2) is 36.3 Å². The molecular formula is C24H24N2O5. The Morgan fingerprint density at radius 2 is 2.00 bits per heavy atom. The number of carbonyl (C=O) groups excluding carboxylic acids is 1. The van der Waals surface area contributed by atoms with Gasteiger partial charge < -0.3 is 24.0 Å². The van der Waals surface area contributed by atoms with Crippen LogP contribution >= 0.6 is 0 Å². The van der Waals surface area contributed by atoms with E-state index in [4.69, 9.17) is 9.47 Å². The Morgan fingerprint density at radius 3 is 2.71 bits per heavy atom. The highest BCUT2D eigenvalue weighted by Crippen LogP contribution is 2.35. The molecular weight excluding hydrogens is 396 g/mol. The number of anilines is 1. The topological polar surface area (TPSA) is 81.0 Å². The molecule has 4 rings (SSSR count). The van der Waals surface area contributed by atoms with Gasteiger partial charge in [-0.1, -0.05) is 18.2 Å². The lowest BCUT2D eigenvalue weighted by molar-refractivity contribution is 0.0985. The van der Waals surface area contributed by atoms with Gasteiger partial charge in [0.2, 0.25) is 0 Å². The van der Waals surface area contributed by atoms with E-state index in [1.165, 1.54) is 19.1 Å². The molecule has 0 spiro atoms. The van der Waals surface area contributed by atoms with Crippen molar-refractivity contribution in [3.8, 4) is 17.2 Å². The second-order valence-corrected chi connectivity index (χ2v) is 7.34. The minimum absolute atomic E-state index is 0.144. The van der Waals surface area contributed by atoms with Crippen LogP contribution in [0, 0.1) is 0 Å². The first-order valence-electron chi connectivity index (χ1n) is 10.0. The Bertz CT molecular complexity index is 1240. The van der Waals surface area contributed by atoms with Crippen molar-refractivity contribution in [2.24, 2.45) is 0 Å². The van der Waals surface area contributed by atoms with Crippen molar-refractivity contribution in [3.63, 3.8) is 0 Å². The van der Waals surface area contributed by atoms with Crippen LogP contribution in [-0.2, 0) is 13.0 Å². The Hall–Kier alpha value is -3.74. The third-order valence-corrected chi connectivity index (χ3v) is 5.62. The van der Waals surface area contributed by atoms with Crippen LogP contribution < -0.4 is 19.9 Å². The van der Waals surface area contributed by atoms with E-state index in [-0.39, 0.29) is 17.9 Å². The predicted octanol–water partition coefficient (Wildman–Crippen LogP) is 3.50. The summed E-state index contributed by atoms with van der Waals surface area (Å²) in [6.45, 7) is 4.38. The number of amides is 1. The maximum Gasteiger partial charge on any atom is 0.268 e. The Labute approximate surface area is 179 Å². The van der Waals surface area contributed by atoms with E-state index in [9.17, 15) is 14.7 Å². The fraction of sp³-hybridized carbons (Fsp3) is 0.250. The van der Waals surface area contributed by atoms with Crippen LogP contribution in [0.5, 0.6) is 17.2 Å². The van der Waals surface area contributed by atoms with Crippen LogP contribution in [0.1, 0.15) is 22.3 Å². The van der Waals surface area contributed by atoms with Crippen LogP contribution in [0.2, 0.25) is 0 Å². The van der Waals surface area contributed by atoms with E-state index in [1.807, 2.05) is 12.1 Å². The van der Waals surface area contributed by atoms with Gasteiger partial charge in [0.05, 0.1) is 19.7 Å². The first-order valence-corrected chi connectivity index (χ1v) is 10.0. The lowest BCUT2D eigenvalue weighted by Crippen LogP contribution is -2.38. The molecule has 0 unspecified atom stereocenters. The minimum Gasteiger partial charge on any atom is -0.506 e. The molecule has 0 aliphatic carbocycles. The molecule has 1 N–H and O–H groups in total. The van der Waals surface area contributed by atoms with Crippen molar-refractivity contribution in [2.45, 2.75) is 19.4 Å². The van der Waals surface area contributed by atoms with Gasteiger partial charge in [0.1, 0.15) is 11.3 Å². The molecule has 0 saturated heterocycles. The van der Waals surface area contributed by atoms with E-state index in [0.29, 0.717) is 34.6 Å². The Morgan fingerprint density at radius 1 is 1.23 bits per heavy atom. The van der Waals surface area contributed by atoms with Gasteiger partial charge in [-0.25, -0.2) is 0 Å². The van der Waals surface area contributed by atoms with Gasteiger partial charge in [-0.2, -0.15) is 0 Å². The summed E-state index contributed by atoms with van der Waals surface area (Å²) >= 11 is 0. The van der Waals surface area contributed by atoms with E-state index in [2.05, 4.69) is 6.58 Å². The number of hydrogen-bond acceptors (Lipinski definition) is 5. The van der Waals surface area contributed by atoms with E-state index < -0.39 is 11.5 Å². The number of pyridine rings is 1. The Kier molecular flexibility index (Phi) is 5.42. The fourth-order valence-electron chi connectivity index (χ4n) is 4.17. The highest BCUT2D eigenvalue weighted by Gasteiger charge is 2.29. The van der Waals surface area contributed by atoms with Gasteiger partial charge in [0.15, 0.2) is 11.5 Å². The second-order valence-electron chi connectivity index (χ2n) is 7.34. The quantitative estimate of drug-likeness (QED) is 0.618. The smallest absolute Gasteiger partial charge is 0.268 e. The molecule has 7 heteroatoms. The van der Waals surface area contributed by atoms with Crippen molar-refractivity contribution >= 4 is 22.5 Å². The van der Waals surface area contributed by atoms with E-state index in [0.717, 1.165) is 18.4 Å². The SMILES string of the molecule is C=CCN(C(=O)c1c(O)c2cccc3c2n(c1=O)CCC3)c1ccc(OC)c(OC)c1. The molecule has 2 heterocycles. The fourth-order valence-corrected chi connectivity index (χ4v) is 4.17. The number of ether oxygens (including phenoxy) is 2. The number of hydrogen-bond donors (Lipinski definition) is 1. The third-order valence-electron chi connectivity index (χ3n) is 5.62. The maximum atomic E-state index is 13.6. The molecule has 1 amide bonds. The molecule has 0 bridgehead atoms. The van der Waals surface area contributed by atoms with Gasteiger partial charge in [-0.3, -0.25) is 9.59 Å². The molecule has 1 aliphatic rings. The molecule has 0 radical (unpaired) electrons. The molecule has 0 fully saturated rings. The molecule has 1 aromatic heterocycles. The molecule has 3 aromatic rings. The molecule has 1 aliphatic heterocycles. The summed E-state index contributed by atoms with van der Waals surface area (Å²) in [6, 6.07) is 10.5. The average molecular weight is 420 g/mol. The van der Waals surface area contributed by atoms with Crippen LogP contribution in [0.3, 0.4) is 0 Å². The normalized spacial score (nSPS) is 12.5. The second kappa shape index (κ2) is 8.18. The standard InChI is InChI=1S/C24H24N2O5/c1-4-12-25(16-10-11-18(30-2)19(14-16)31-3)23(28)20-22(27)17-9-5-7-15-8-6-13-26(21(15)17)24(20)29/h4-5,7,9-11,14,27H,1,6,8,12-13H2,2-3H3. The number of aromatic hydroxyl groups is 1. The lowest BCUT2D eigenvalue weighted by atomic mass is 9.99. The van der Waals surface area contributed by atoms with Gasteiger partial charge in [0.25, 0.3) is 11.5 Å². The predicted molar refractivity (Wildman–Crippen MR) is 120 cm³/mol. The van der Waals surface area contributed by atoms with Crippen molar-refractivity contribution < 1.29 is 19.4 Å². The van der Waals surface area contributed by atoms with Gasteiger partial charge in [-0.05, 0) is 36.6 Å². The minimum atomic E-state index is -0.601. The zero-order valence-electron chi connectivity index (χ0n) is 17.6. The van der Waals surface area contributed by atoms with Gasteiger partial charge in [-0.15, -0.1) is 6.58 Å². The first kappa shape index (κ1) is 20.5. The highest BCUT2D eigenvalue weighted by molar-refractivity contribution is 6.11. The van der Waals surface area contributed by atoms with Crippen molar-refractivity contribution in [2.75, 3.05) is 25.7 Å². The van der Waals surface area contributed by atoms with Gasteiger partial charge in [0, 0.05) is 30.2 Å². The number of methoxy groups -OCH3 is 2. The zero-order valence-corrected chi connectivity index (χ0v) is 17.6. The maximum absolute atomic E-state index is 13.6. The molecule has 0 saturated carbocycles. The van der Waals surface area contributed by atoms with Crippen molar-refractivity contribution in [3.05, 3.63) is 70.5 Å². The van der Waals surface area contributed by atoms with Crippen molar-refractivity contribution in [1.29, 1.82) is 0 Å². The van der Waals surface area contributed by atoms with Crippen LogP contribution in [0.15, 0.2) is 53.8 Å². The number of para-hydroxylation sites is 1. The molecule has 7 nitrogen and oxygen atoms in total. The summed E-state index contributed by atoms with van der Waals surface area (Å²) in [4.78, 5) is 28.3. The average Bonchev–Trinajstić information content (AvgIpc) is 2.80. The zero-order chi connectivity index (χ0) is 22.1. The highest BCUT2D eigenvalue weighted by atomic mass is 16.5. The van der Waals surface area contributed by atoms with Crippen molar-refractivity contribution in [1.82, 2.24) is 4.57 Å². The van der Waals surface area contributed by atoms with E-state index in [1.54, 1.807) is 34.9 Å². The summed E-state index contributed by atoms with van der Waals surface area (Å²) in [5, 5.41) is 11.5. The summed E-state index contributed by atoms with van der Waals surface area (Å²) in [5.41, 5.74) is 1.46. The number of carbonyl (C=O) groups is 1. The number of benzene rings is 2. The first-order chi connectivity index (χ1) is 15.0. The summed E-state index contributed by atoms with van der Waals surface area (Å²) in [5.74, 6) is 0.0691. The van der Waals surface area contributed by atoms with Gasteiger partial charge >= 0.3 is 0 Å². The van der Waals surface area contributed by atoms with Crippen LogP contribution in [0.25, 0.3) is 10.9 Å². The van der Waals surface area contributed by atoms with E-state index >= 15 is 0 Å². The number of aromatic nitrogens is 1. The lowest BCUT2D eigenvalue weighted by Gasteiger charge is -2.25. The summed E-state index contributed by atoms with van der Waals surface area (Å²) in [7, 11) is 3.03. The third kappa shape index (κ3) is 3.32. The Balaban J connectivity index is 1.90. The van der Waals surface area contributed by atoms with Crippen LogP contribution in [0.4, 0.5) is 5.69 Å². The molecule has 31 heavy (non-hydrogen) atoms. The monoisotopic (exact) mass is 420 g/mol. The molecule has 0 atom stereocenters. The number of aryl methyl sites for hydroxylation is 2. The summed E-state index contributed by atoms with van der Waals surface area (Å²) in [6.07, 6.45) is 3.20. The summed E-state index contributed by atoms with van der Waals surface area (Å²) < 4.78 is 12.2. The number of rotatable bonds is 6. The molecule has 2 aromatic carbocycles. The largest absolute Gasteiger partial charge is 0.506 e. The molecule has 160 valence electrons.